The quantitative estimate of drug-likeness (QED) is 0.800. The molecule has 10 heteroatoms. The molecule has 1 heterocycles. The summed E-state index contributed by atoms with van der Waals surface area (Å²) in [5.74, 6) is 0.0751. The van der Waals surface area contributed by atoms with Crippen molar-refractivity contribution in [2.24, 2.45) is 0 Å². The lowest BCUT2D eigenvalue weighted by Gasteiger charge is -2.11. The third-order valence-corrected chi connectivity index (χ3v) is 3.97. The van der Waals surface area contributed by atoms with Gasteiger partial charge in [-0.15, -0.1) is 0 Å². The number of hydrogen-bond donors (Lipinski definition) is 2. The molecule has 0 aliphatic rings. The molecule has 2 rings (SSSR count). The van der Waals surface area contributed by atoms with Crippen molar-refractivity contribution in [3.8, 4) is 5.69 Å². The van der Waals surface area contributed by atoms with Gasteiger partial charge in [-0.3, -0.25) is 9.27 Å². The van der Waals surface area contributed by atoms with E-state index in [-0.39, 0.29) is 16.4 Å². The van der Waals surface area contributed by atoms with Crippen LogP contribution in [0.15, 0.2) is 35.2 Å². The number of aryl methyl sites for hydroxylation is 1. The summed E-state index contributed by atoms with van der Waals surface area (Å²) >= 11 is 0. The molecule has 21 heavy (non-hydrogen) atoms. The number of rotatable bonds is 4. The average Bonchev–Trinajstić information content (AvgIpc) is 2.66. The van der Waals surface area contributed by atoms with E-state index in [0.717, 1.165) is 10.9 Å². The second-order valence-electron chi connectivity index (χ2n) is 4.40. The fraction of sp³-hybridized carbons (Fsp3) is 0.182. The Labute approximate surface area is 122 Å². The molecular weight excluding hydrogens is 318 g/mol. The smallest absolute Gasteiger partial charge is 0.282 e. The standard InChI is InChI=1S/C11H13N3O5S2/c1-8-7-11(13-20(2,15)16)14(12-8)9-5-3-4-6-10(9)21(17,18)19/h3-7,13H,1-2H3,(H,17,18,19). The summed E-state index contributed by atoms with van der Waals surface area (Å²) in [6, 6.07) is 7.04. The number of aromatic nitrogens is 2. The van der Waals surface area contributed by atoms with Crippen LogP contribution in [0.3, 0.4) is 0 Å². The molecule has 0 amide bonds. The Morgan fingerprint density at radius 3 is 2.38 bits per heavy atom. The van der Waals surface area contributed by atoms with Gasteiger partial charge in [0.2, 0.25) is 10.0 Å². The number of nitrogens with zero attached hydrogens (tertiary/aromatic N) is 2. The summed E-state index contributed by atoms with van der Waals surface area (Å²) < 4.78 is 58.1. The second-order valence-corrected chi connectivity index (χ2v) is 7.54. The van der Waals surface area contributed by atoms with Crippen LogP contribution in [-0.4, -0.2) is 37.4 Å². The fourth-order valence-electron chi connectivity index (χ4n) is 1.80. The molecule has 2 N–H and O–H groups in total. The molecule has 0 spiro atoms. The zero-order valence-corrected chi connectivity index (χ0v) is 12.8. The van der Waals surface area contributed by atoms with E-state index in [1.165, 1.54) is 24.3 Å². The lowest BCUT2D eigenvalue weighted by molar-refractivity contribution is 0.482. The van der Waals surface area contributed by atoms with E-state index in [2.05, 4.69) is 9.82 Å². The lowest BCUT2D eigenvalue weighted by atomic mass is 10.3. The zero-order chi connectivity index (χ0) is 15.8. The van der Waals surface area contributed by atoms with Gasteiger partial charge in [0.1, 0.15) is 10.7 Å². The van der Waals surface area contributed by atoms with Crippen molar-refractivity contribution in [2.75, 3.05) is 11.0 Å². The summed E-state index contributed by atoms with van der Waals surface area (Å²) in [7, 11) is -8.04. The van der Waals surface area contributed by atoms with E-state index in [0.29, 0.717) is 5.69 Å². The van der Waals surface area contributed by atoms with Crippen molar-refractivity contribution < 1.29 is 21.4 Å². The second kappa shape index (κ2) is 5.13. The van der Waals surface area contributed by atoms with Gasteiger partial charge in [-0.2, -0.15) is 13.5 Å². The van der Waals surface area contributed by atoms with Gasteiger partial charge in [-0.25, -0.2) is 13.1 Å². The van der Waals surface area contributed by atoms with Crippen LogP contribution < -0.4 is 4.72 Å². The van der Waals surface area contributed by atoms with Crippen LogP contribution in [0.4, 0.5) is 5.82 Å². The van der Waals surface area contributed by atoms with E-state index in [9.17, 15) is 21.4 Å². The van der Waals surface area contributed by atoms with E-state index in [1.807, 2.05) is 0 Å². The molecule has 2 aromatic rings. The molecule has 0 saturated carbocycles. The Kier molecular flexibility index (Phi) is 3.78. The monoisotopic (exact) mass is 331 g/mol. The van der Waals surface area contributed by atoms with Crippen LogP contribution in [0.25, 0.3) is 5.69 Å². The third-order valence-electron chi connectivity index (χ3n) is 2.49. The van der Waals surface area contributed by atoms with Crippen molar-refractivity contribution in [1.82, 2.24) is 9.78 Å². The molecule has 0 fully saturated rings. The topological polar surface area (TPSA) is 118 Å². The zero-order valence-electron chi connectivity index (χ0n) is 11.2. The normalized spacial score (nSPS) is 12.3. The van der Waals surface area contributed by atoms with Crippen LogP contribution in [-0.2, 0) is 20.1 Å². The molecule has 0 aliphatic carbocycles. The first-order valence-corrected chi connectivity index (χ1v) is 9.02. The highest BCUT2D eigenvalue weighted by molar-refractivity contribution is 7.92. The van der Waals surface area contributed by atoms with E-state index in [4.69, 9.17) is 0 Å². The largest absolute Gasteiger partial charge is 0.296 e. The van der Waals surface area contributed by atoms with E-state index < -0.39 is 20.1 Å². The van der Waals surface area contributed by atoms with Crippen molar-refractivity contribution in [3.05, 3.63) is 36.0 Å². The number of para-hydroxylation sites is 1. The van der Waals surface area contributed by atoms with Gasteiger partial charge in [0, 0.05) is 6.07 Å². The SMILES string of the molecule is Cc1cc(NS(C)(=O)=O)n(-c2ccccc2S(=O)(=O)O)n1. The van der Waals surface area contributed by atoms with Crippen LogP contribution in [0.1, 0.15) is 5.69 Å². The first-order chi connectivity index (χ1) is 9.58. The molecule has 0 unspecified atom stereocenters. The summed E-state index contributed by atoms with van der Waals surface area (Å²) in [4.78, 5) is -0.371. The van der Waals surface area contributed by atoms with Crippen molar-refractivity contribution in [1.29, 1.82) is 0 Å². The highest BCUT2D eigenvalue weighted by Gasteiger charge is 2.20. The molecular formula is C11H13N3O5S2. The highest BCUT2D eigenvalue weighted by atomic mass is 32.2. The number of hydrogen-bond acceptors (Lipinski definition) is 5. The van der Waals surface area contributed by atoms with Crippen molar-refractivity contribution in [3.63, 3.8) is 0 Å². The van der Waals surface area contributed by atoms with Gasteiger partial charge in [0.05, 0.1) is 17.6 Å². The molecule has 114 valence electrons. The maximum Gasteiger partial charge on any atom is 0.296 e. The Morgan fingerprint density at radius 2 is 1.81 bits per heavy atom. The van der Waals surface area contributed by atoms with Gasteiger partial charge in [-0.05, 0) is 19.1 Å². The maximum absolute atomic E-state index is 11.4. The molecule has 0 radical (unpaired) electrons. The maximum atomic E-state index is 11.4. The minimum absolute atomic E-state index is 0.0410. The van der Waals surface area contributed by atoms with Crippen molar-refractivity contribution in [2.45, 2.75) is 11.8 Å². The van der Waals surface area contributed by atoms with E-state index in [1.54, 1.807) is 13.0 Å². The van der Waals surface area contributed by atoms with Crippen molar-refractivity contribution >= 4 is 26.0 Å². The van der Waals surface area contributed by atoms with Crippen LogP contribution in [0, 0.1) is 6.92 Å². The first kappa shape index (κ1) is 15.5. The average molecular weight is 331 g/mol. The molecule has 1 aromatic heterocycles. The predicted molar refractivity (Wildman–Crippen MR) is 76.6 cm³/mol. The molecule has 0 atom stereocenters. The predicted octanol–water partition coefficient (Wildman–Crippen LogP) is 0.799. The highest BCUT2D eigenvalue weighted by Crippen LogP contribution is 2.24. The Hall–Kier alpha value is -1.91. The van der Waals surface area contributed by atoms with Crippen LogP contribution in [0.2, 0.25) is 0 Å². The number of benzene rings is 1. The molecule has 1 aromatic carbocycles. The van der Waals surface area contributed by atoms with Gasteiger partial charge in [-0.1, -0.05) is 12.1 Å². The summed E-state index contributed by atoms with van der Waals surface area (Å²) in [6.45, 7) is 1.63. The lowest BCUT2D eigenvalue weighted by Crippen LogP contribution is -2.15. The molecule has 0 saturated heterocycles. The third kappa shape index (κ3) is 3.60. The first-order valence-electron chi connectivity index (χ1n) is 5.69. The summed E-state index contributed by atoms with van der Waals surface area (Å²) in [5, 5.41) is 4.05. The van der Waals surface area contributed by atoms with Crippen LogP contribution in [0.5, 0.6) is 0 Å². The Balaban J connectivity index is 2.69. The fourth-order valence-corrected chi connectivity index (χ4v) is 2.99. The van der Waals surface area contributed by atoms with Crippen LogP contribution >= 0.6 is 0 Å². The van der Waals surface area contributed by atoms with E-state index >= 15 is 0 Å². The summed E-state index contributed by atoms with van der Waals surface area (Å²) in [6.07, 6.45) is 0.967. The molecule has 8 nitrogen and oxygen atoms in total. The minimum Gasteiger partial charge on any atom is -0.282 e. The number of nitrogens with one attached hydrogen (secondary N) is 1. The van der Waals surface area contributed by atoms with Gasteiger partial charge >= 0.3 is 0 Å². The molecule has 0 bridgehead atoms. The summed E-state index contributed by atoms with van der Waals surface area (Å²) in [5.41, 5.74) is 0.519. The van der Waals surface area contributed by atoms with Gasteiger partial charge < -0.3 is 0 Å². The number of anilines is 1. The minimum atomic E-state index is -4.47. The number of sulfonamides is 1. The van der Waals surface area contributed by atoms with Gasteiger partial charge in [0.15, 0.2) is 0 Å². The Bertz CT molecular complexity index is 884. The Morgan fingerprint density at radius 1 is 1.19 bits per heavy atom. The molecule has 0 aliphatic heterocycles. The van der Waals surface area contributed by atoms with Gasteiger partial charge in [0.25, 0.3) is 10.1 Å².